The molecule has 5 heterocycles. The van der Waals surface area contributed by atoms with Crippen LogP contribution in [0.2, 0.25) is 0 Å². The summed E-state index contributed by atoms with van der Waals surface area (Å²) in [4.78, 5) is 88.5. The van der Waals surface area contributed by atoms with Crippen molar-refractivity contribution in [2.75, 3.05) is 0 Å². The molecule has 4 aromatic carbocycles. The number of fused-ring (bicyclic) bond motifs is 20. The molecule has 0 radical (unpaired) electrons. The zero-order chi connectivity index (χ0) is 49.5. The maximum absolute atomic E-state index is 13.1. The van der Waals surface area contributed by atoms with E-state index >= 15 is 0 Å². The molecule has 0 aliphatic carbocycles. The summed E-state index contributed by atoms with van der Waals surface area (Å²) >= 11 is 0. The average molecular weight is 1020 g/mol. The van der Waals surface area contributed by atoms with E-state index in [0.717, 1.165) is 0 Å². The molecule has 0 N–H and O–H groups in total. The molecule has 7 aromatic rings. The second-order valence-electron chi connectivity index (χ2n) is 21.2. The van der Waals surface area contributed by atoms with Gasteiger partial charge < -0.3 is 29.9 Å². The first-order valence-electron chi connectivity index (χ1n) is 21.6. The number of aromatic nitrogens is 8. The van der Waals surface area contributed by atoms with Crippen LogP contribution in [0.5, 0.6) is 0 Å². The Morgan fingerprint density at radius 1 is 0.377 bits per heavy atom. The van der Waals surface area contributed by atoms with Gasteiger partial charge in [0.1, 0.15) is 0 Å². The number of nitro groups is 4. The van der Waals surface area contributed by atoms with Gasteiger partial charge in [-0.15, -0.1) is 0 Å². The quantitative estimate of drug-likeness (QED) is 0.0899. The van der Waals surface area contributed by atoms with Gasteiger partial charge in [0.2, 0.25) is 0 Å². The Morgan fingerprint density at radius 3 is 0.942 bits per heavy atom. The van der Waals surface area contributed by atoms with Gasteiger partial charge in [-0.05, 0) is 68.2 Å². The Balaban J connectivity index is 0.00000642. The van der Waals surface area contributed by atoms with Crippen molar-refractivity contribution in [3.05, 3.63) is 111 Å². The van der Waals surface area contributed by atoms with E-state index in [1.54, 1.807) is 24.3 Å². The molecule has 3 aromatic heterocycles. The smallest absolute Gasteiger partial charge is 0.357 e. The minimum Gasteiger partial charge on any atom is -0.357 e. The molecule has 69 heavy (non-hydrogen) atoms. The molecule has 2 aliphatic rings. The van der Waals surface area contributed by atoms with Crippen molar-refractivity contribution < 1.29 is 40.1 Å². The molecule has 8 bridgehead atoms. The summed E-state index contributed by atoms with van der Waals surface area (Å²) in [5.41, 5.74) is -2.29. The van der Waals surface area contributed by atoms with Gasteiger partial charge in [0, 0.05) is 68.8 Å². The van der Waals surface area contributed by atoms with Crippen LogP contribution in [0.1, 0.15) is 105 Å². The van der Waals surface area contributed by atoms with E-state index in [1.807, 2.05) is 83.1 Å². The van der Waals surface area contributed by atoms with Crippen molar-refractivity contribution >= 4 is 66.9 Å². The normalized spacial score (nSPS) is 12.7. The zero-order valence-electron chi connectivity index (χ0n) is 39.6. The van der Waals surface area contributed by atoms with Gasteiger partial charge in [-0.3, -0.25) is 40.5 Å². The molecule has 0 fully saturated rings. The monoisotopic (exact) mass is 1020 g/mol. The van der Waals surface area contributed by atoms with Crippen LogP contribution in [0.4, 0.5) is 22.7 Å². The summed E-state index contributed by atoms with van der Waals surface area (Å²) < 4.78 is 0. The molecule has 0 amide bonds. The van der Waals surface area contributed by atoms with Gasteiger partial charge >= 0.3 is 20.4 Å². The molecule has 2 aliphatic heterocycles. The summed E-state index contributed by atoms with van der Waals surface area (Å²) in [6.45, 7) is 22.5. The summed E-state index contributed by atoms with van der Waals surface area (Å²) in [7, 11) is 0. The van der Waals surface area contributed by atoms with E-state index in [0.29, 0.717) is 22.3 Å². The molecular formula is C48H44N12O8Pd. The van der Waals surface area contributed by atoms with Crippen LogP contribution in [0.25, 0.3) is 89.7 Å². The predicted octanol–water partition coefficient (Wildman–Crippen LogP) is 10.9. The fraction of sp³-hybridized carbons (Fsp3) is 0.333. The standard InChI is InChI=1S/C48H44N12O8.Pd/c1-45(2,3)21-13-25-33(29(17-21)57(61)62)41-51-37(25)49-38-26-14-22(46(4,5)6)18-30(58(63)64)34(26)43(52-38)56-44-36-28(16-24(48(10,11)12)20-32(36)60(67)68)40(54-44)50-39-27-15-23(47(7,8)9)19-31(59(65)66)35(27)42(53-39)55-41;/h13-20H,1-12H3;/q-2;+2. The number of hydrogen-bond acceptors (Lipinski definition) is 14. The van der Waals surface area contributed by atoms with E-state index in [-0.39, 0.29) is 133 Å². The molecular weight excluding hydrogens is 979 g/mol. The van der Waals surface area contributed by atoms with Gasteiger partial charge in [0.15, 0.2) is 0 Å². The molecule has 21 heteroatoms. The first kappa shape index (κ1) is 48.0. The van der Waals surface area contributed by atoms with E-state index in [4.69, 9.17) is 39.9 Å². The number of hydrogen-bond donors (Lipinski definition) is 0. The topological polar surface area (TPSA) is 278 Å². The number of nitrogens with zero attached hydrogens (tertiary/aromatic N) is 12. The second-order valence-corrected chi connectivity index (χ2v) is 21.2. The van der Waals surface area contributed by atoms with Crippen LogP contribution < -0.4 is 9.97 Å². The maximum atomic E-state index is 13.1. The Bertz CT molecular complexity index is 3410. The zero-order valence-corrected chi connectivity index (χ0v) is 41.1. The summed E-state index contributed by atoms with van der Waals surface area (Å²) in [6.07, 6.45) is 0. The van der Waals surface area contributed by atoms with Crippen molar-refractivity contribution in [2.45, 2.75) is 105 Å². The second kappa shape index (κ2) is 15.8. The molecule has 0 saturated carbocycles. The van der Waals surface area contributed by atoms with Crippen LogP contribution >= 0.6 is 0 Å². The number of non-ortho nitro benzene ring substituents is 2. The predicted molar refractivity (Wildman–Crippen MR) is 255 cm³/mol. The van der Waals surface area contributed by atoms with Crippen molar-refractivity contribution in [1.29, 1.82) is 0 Å². The molecule has 0 atom stereocenters. The van der Waals surface area contributed by atoms with E-state index in [2.05, 4.69) is 0 Å². The molecule has 0 spiro atoms. The molecule has 354 valence electrons. The van der Waals surface area contributed by atoms with Crippen LogP contribution in [-0.2, 0) is 42.1 Å². The molecule has 0 saturated heterocycles. The van der Waals surface area contributed by atoms with Crippen LogP contribution in [0.3, 0.4) is 0 Å². The van der Waals surface area contributed by atoms with Crippen LogP contribution in [-0.4, -0.2) is 49.6 Å². The third kappa shape index (κ3) is 8.04. The number of rotatable bonds is 4. The van der Waals surface area contributed by atoms with Gasteiger partial charge in [-0.25, -0.2) is 9.97 Å². The Kier molecular flexibility index (Phi) is 11.0. The Morgan fingerprint density at radius 2 is 0.652 bits per heavy atom. The van der Waals surface area contributed by atoms with Gasteiger partial charge in [0.25, 0.3) is 22.7 Å². The first-order valence-corrected chi connectivity index (χ1v) is 21.6. The van der Waals surface area contributed by atoms with Crippen molar-refractivity contribution in [2.24, 2.45) is 0 Å². The van der Waals surface area contributed by atoms with Gasteiger partial charge in [-0.1, -0.05) is 83.1 Å². The number of nitro benzene ring substituents is 4. The minimum atomic E-state index is -0.630. The maximum Gasteiger partial charge on any atom is 2.00 e. The fourth-order valence-electron chi connectivity index (χ4n) is 8.39. The third-order valence-electron chi connectivity index (χ3n) is 12.3. The SMILES string of the molecule is CC(C)(C)c1cc2c(c([N+](=O)[O-])c1)-c1nc-2nc2[n-]c(nc3nc(nc4[n-]c(n1)c1c([N+](=O)[O-])cc(C(C)(C)C)cc41)-c1cc(C(C)(C)C)cc([N+](=O)[O-])c1-3)c1c([N+](=O)[O-])cc(C(C)(C)C)cc21.[Pd+2]. The molecule has 9 rings (SSSR count). The summed E-state index contributed by atoms with van der Waals surface area (Å²) in [6, 6.07) is 12.5. The van der Waals surface area contributed by atoms with E-state index in [9.17, 15) is 40.5 Å². The largest absolute Gasteiger partial charge is 2.00 e. The van der Waals surface area contributed by atoms with E-state index < -0.39 is 41.4 Å². The summed E-state index contributed by atoms with van der Waals surface area (Å²) in [5.74, 6) is -0.705. The van der Waals surface area contributed by atoms with Crippen LogP contribution in [0.15, 0.2) is 48.5 Å². The Labute approximate surface area is 406 Å². The third-order valence-corrected chi connectivity index (χ3v) is 12.3. The first-order chi connectivity index (χ1) is 31.5. The van der Waals surface area contributed by atoms with Crippen molar-refractivity contribution in [1.82, 2.24) is 39.9 Å². The number of benzene rings is 4. The summed E-state index contributed by atoms with van der Waals surface area (Å²) in [5, 5.41) is 52.5. The van der Waals surface area contributed by atoms with Crippen LogP contribution in [0, 0.1) is 40.5 Å². The van der Waals surface area contributed by atoms with Gasteiger partial charge in [-0.2, -0.15) is 0 Å². The fourth-order valence-corrected chi connectivity index (χ4v) is 8.39. The molecule has 0 unspecified atom stereocenters. The average Bonchev–Trinajstić information content (AvgIpc) is 3.96. The van der Waals surface area contributed by atoms with Gasteiger partial charge in [0.05, 0.1) is 64.9 Å². The van der Waals surface area contributed by atoms with E-state index in [1.165, 1.54) is 24.3 Å². The minimum absolute atomic E-state index is 0. The van der Waals surface area contributed by atoms with Crippen molar-refractivity contribution in [3.8, 4) is 45.6 Å². The van der Waals surface area contributed by atoms with Crippen molar-refractivity contribution in [3.63, 3.8) is 0 Å². The molecule has 20 nitrogen and oxygen atoms in total. The Hall–Kier alpha value is -7.50.